The van der Waals surface area contributed by atoms with Crippen LogP contribution in [0.4, 0.5) is 0 Å². The average Bonchev–Trinajstić information content (AvgIpc) is 3.28. The van der Waals surface area contributed by atoms with Gasteiger partial charge in [-0.1, -0.05) is 24.9 Å². The van der Waals surface area contributed by atoms with Crippen LogP contribution in [0.1, 0.15) is 30.2 Å². The molecular formula is C16H15ClN6S. The van der Waals surface area contributed by atoms with Crippen molar-refractivity contribution in [3.05, 3.63) is 28.0 Å². The Morgan fingerprint density at radius 1 is 1.46 bits per heavy atom. The molecule has 4 aromatic rings. The van der Waals surface area contributed by atoms with Gasteiger partial charge >= 0.3 is 0 Å². The minimum absolute atomic E-state index is 0.522. The van der Waals surface area contributed by atoms with Crippen LogP contribution >= 0.6 is 22.9 Å². The zero-order valence-corrected chi connectivity index (χ0v) is 14.7. The molecule has 0 aromatic carbocycles. The predicted octanol–water partition coefficient (Wildman–Crippen LogP) is 3.90. The van der Waals surface area contributed by atoms with E-state index in [4.69, 9.17) is 16.6 Å². The van der Waals surface area contributed by atoms with Crippen molar-refractivity contribution >= 4 is 38.8 Å². The third-order valence-electron chi connectivity index (χ3n) is 4.88. The highest BCUT2D eigenvalue weighted by atomic mass is 35.5. The number of aromatic amines is 1. The van der Waals surface area contributed by atoms with Gasteiger partial charge in [0.05, 0.1) is 16.6 Å². The second kappa shape index (κ2) is 5.26. The van der Waals surface area contributed by atoms with Crippen LogP contribution in [0.5, 0.6) is 0 Å². The number of rotatable bonds is 2. The van der Waals surface area contributed by atoms with Gasteiger partial charge in [-0.15, -0.1) is 16.4 Å². The standard InChI is InChI=1S/C16H15ClN6S/c1-2-8-3-4-9-11(5-8)24-16-12(9)15-20-14(22-23(15)7-18-16)13-10(17)6-19-21-13/h6-8H,2-5H2,1H3,(H,19,21)/t8-/m1/s1. The molecule has 1 N–H and O–H groups in total. The molecule has 1 aliphatic carbocycles. The maximum atomic E-state index is 6.15. The van der Waals surface area contributed by atoms with Gasteiger partial charge in [-0.25, -0.2) is 14.5 Å². The van der Waals surface area contributed by atoms with Gasteiger partial charge in [-0.2, -0.15) is 5.10 Å². The Morgan fingerprint density at radius 3 is 3.17 bits per heavy atom. The second-order valence-corrected chi connectivity index (χ2v) is 7.73. The summed E-state index contributed by atoms with van der Waals surface area (Å²) in [4.78, 5) is 11.8. The minimum atomic E-state index is 0.522. The molecule has 0 aliphatic heterocycles. The van der Waals surface area contributed by atoms with E-state index in [1.165, 1.54) is 23.3 Å². The first-order valence-corrected chi connectivity index (χ1v) is 9.29. The summed E-state index contributed by atoms with van der Waals surface area (Å²) in [5, 5.41) is 13.0. The summed E-state index contributed by atoms with van der Waals surface area (Å²) in [6.07, 6.45) is 8.04. The van der Waals surface area contributed by atoms with Crippen molar-refractivity contribution in [3.8, 4) is 11.5 Å². The molecule has 122 valence electrons. The molecule has 0 fully saturated rings. The van der Waals surface area contributed by atoms with Crippen LogP contribution in [-0.4, -0.2) is 29.8 Å². The number of aryl methyl sites for hydroxylation is 1. The molecule has 24 heavy (non-hydrogen) atoms. The first-order valence-electron chi connectivity index (χ1n) is 8.09. The average molecular weight is 359 g/mol. The summed E-state index contributed by atoms with van der Waals surface area (Å²) in [6.45, 7) is 2.28. The molecule has 0 saturated carbocycles. The molecule has 4 aromatic heterocycles. The van der Waals surface area contributed by atoms with Crippen LogP contribution in [0.3, 0.4) is 0 Å². The fourth-order valence-corrected chi connectivity index (χ4v) is 5.00. The van der Waals surface area contributed by atoms with E-state index in [-0.39, 0.29) is 0 Å². The quantitative estimate of drug-likeness (QED) is 0.590. The summed E-state index contributed by atoms with van der Waals surface area (Å²) in [5.41, 5.74) is 2.91. The zero-order chi connectivity index (χ0) is 16.3. The Hall–Kier alpha value is -1.99. The van der Waals surface area contributed by atoms with Gasteiger partial charge in [0.2, 0.25) is 5.82 Å². The smallest absolute Gasteiger partial charge is 0.201 e. The molecule has 4 heterocycles. The molecule has 1 atom stereocenters. The van der Waals surface area contributed by atoms with Crippen LogP contribution < -0.4 is 0 Å². The van der Waals surface area contributed by atoms with Crippen LogP contribution in [0.15, 0.2) is 12.5 Å². The highest BCUT2D eigenvalue weighted by molar-refractivity contribution is 7.19. The summed E-state index contributed by atoms with van der Waals surface area (Å²) < 4.78 is 1.74. The van der Waals surface area contributed by atoms with E-state index in [2.05, 4.69) is 27.2 Å². The van der Waals surface area contributed by atoms with Gasteiger partial charge in [-0.3, -0.25) is 5.10 Å². The van der Waals surface area contributed by atoms with Crippen molar-refractivity contribution in [2.24, 2.45) is 5.92 Å². The number of fused-ring (bicyclic) bond motifs is 5. The zero-order valence-electron chi connectivity index (χ0n) is 13.1. The van der Waals surface area contributed by atoms with E-state index in [1.807, 2.05) is 0 Å². The molecule has 6 nitrogen and oxygen atoms in total. The highest BCUT2D eigenvalue weighted by Crippen LogP contribution is 2.39. The summed E-state index contributed by atoms with van der Waals surface area (Å²) >= 11 is 7.95. The Bertz CT molecular complexity index is 1060. The highest BCUT2D eigenvalue weighted by Gasteiger charge is 2.25. The summed E-state index contributed by atoms with van der Waals surface area (Å²) in [6, 6.07) is 0. The number of halogens is 1. The fraction of sp³-hybridized carbons (Fsp3) is 0.375. The Balaban J connectivity index is 1.74. The van der Waals surface area contributed by atoms with Crippen LogP contribution in [0, 0.1) is 5.92 Å². The molecule has 8 heteroatoms. The number of nitrogens with one attached hydrogen (secondary N) is 1. The van der Waals surface area contributed by atoms with E-state index in [0.717, 1.165) is 34.6 Å². The molecule has 0 saturated heterocycles. The summed E-state index contributed by atoms with van der Waals surface area (Å²) in [5.74, 6) is 1.34. The molecule has 0 unspecified atom stereocenters. The normalized spacial score (nSPS) is 17.7. The van der Waals surface area contributed by atoms with E-state index in [0.29, 0.717) is 16.5 Å². The monoisotopic (exact) mass is 358 g/mol. The predicted molar refractivity (Wildman–Crippen MR) is 94.6 cm³/mol. The van der Waals surface area contributed by atoms with Crippen molar-refractivity contribution in [2.75, 3.05) is 0 Å². The first kappa shape index (κ1) is 14.4. The van der Waals surface area contributed by atoms with Gasteiger partial charge in [0.25, 0.3) is 0 Å². The van der Waals surface area contributed by atoms with Gasteiger partial charge < -0.3 is 0 Å². The lowest BCUT2D eigenvalue weighted by molar-refractivity contribution is 0.451. The van der Waals surface area contributed by atoms with Crippen molar-refractivity contribution in [3.63, 3.8) is 0 Å². The topological polar surface area (TPSA) is 71.8 Å². The van der Waals surface area contributed by atoms with Gasteiger partial charge in [0.15, 0.2) is 5.65 Å². The molecule has 5 rings (SSSR count). The SMILES string of the molecule is CC[C@@H]1CCc2c(sc3ncn4nc(-c5[nH]ncc5Cl)nc4c23)C1. The first-order chi connectivity index (χ1) is 11.7. The van der Waals surface area contributed by atoms with Gasteiger partial charge in [0, 0.05) is 4.88 Å². The maximum Gasteiger partial charge on any atom is 0.201 e. The third kappa shape index (κ3) is 2.01. The van der Waals surface area contributed by atoms with Crippen molar-refractivity contribution in [1.82, 2.24) is 29.8 Å². The molecule has 0 radical (unpaired) electrons. The molecule has 0 spiro atoms. The second-order valence-electron chi connectivity index (χ2n) is 6.24. The third-order valence-corrected chi connectivity index (χ3v) is 6.33. The number of nitrogens with zero attached hydrogens (tertiary/aromatic N) is 5. The lowest BCUT2D eigenvalue weighted by atomic mass is 9.86. The van der Waals surface area contributed by atoms with Crippen LogP contribution in [-0.2, 0) is 12.8 Å². The molecule has 0 amide bonds. The number of aromatic nitrogens is 6. The number of H-pyrrole nitrogens is 1. The van der Waals surface area contributed by atoms with E-state index in [9.17, 15) is 0 Å². The number of hydrogen-bond donors (Lipinski definition) is 1. The fourth-order valence-electron chi connectivity index (χ4n) is 3.53. The molecule has 1 aliphatic rings. The van der Waals surface area contributed by atoms with E-state index in [1.54, 1.807) is 28.4 Å². The van der Waals surface area contributed by atoms with E-state index < -0.39 is 0 Å². The summed E-state index contributed by atoms with van der Waals surface area (Å²) in [7, 11) is 0. The van der Waals surface area contributed by atoms with Crippen molar-refractivity contribution in [2.45, 2.75) is 32.6 Å². The van der Waals surface area contributed by atoms with E-state index >= 15 is 0 Å². The minimum Gasteiger partial charge on any atom is -0.273 e. The lowest BCUT2D eigenvalue weighted by Crippen LogP contribution is -2.11. The lowest BCUT2D eigenvalue weighted by Gasteiger charge is -2.20. The molecule has 0 bridgehead atoms. The van der Waals surface area contributed by atoms with Crippen LogP contribution in [0.2, 0.25) is 5.02 Å². The maximum absolute atomic E-state index is 6.15. The van der Waals surface area contributed by atoms with Crippen LogP contribution in [0.25, 0.3) is 27.4 Å². The Labute approximate surface area is 146 Å². The van der Waals surface area contributed by atoms with Gasteiger partial charge in [0.1, 0.15) is 16.9 Å². The molecular weight excluding hydrogens is 344 g/mol. The number of thiophene rings is 1. The Kier molecular flexibility index (Phi) is 3.14. The van der Waals surface area contributed by atoms with Crippen molar-refractivity contribution in [1.29, 1.82) is 0 Å². The Morgan fingerprint density at radius 2 is 2.38 bits per heavy atom. The van der Waals surface area contributed by atoms with Gasteiger partial charge in [-0.05, 0) is 30.7 Å². The largest absolute Gasteiger partial charge is 0.273 e. The number of hydrogen-bond acceptors (Lipinski definition) is 5. The van der Waals surface area contributed by atoms with Crippen molar-refractivity contribution < 1.29 is 0 Å².